The van der Waals surface area contributed by atoms with Crippen molar-refractivity contribution in [3.8, 4) is 0 Å². The number of amides is 1. The molecule has 0 aliphatic heterocycles. The second-order valence-electron chi connectivity index (χ2n) is 9.47. The number of hydrogen-bond donors (Lipinski definition) is 5. The first-order chi connectivity index (χ1) is 21.0. The molecule has 44 heavy (non-hydrogen) atoms. The third-order valence-electron chi connectivity index (χ3n) is 6.35. The molecule has 2 aromatic heterocycles. The number of carbonyl (C=O) groups excluding carboxylic acids is 1. The van der Waals surface area contributed by atoms with E-state index in [0.717, 1.165) is 22.2 Å². The van der Waals surface area contributed by atoms with E-state index in [1.807, 2.05) is 12.1 Å². The lowest BCUT2D eigenvalue weighted by Gasteiger charge is -2.19. The summed E-state index contributed by atoms with van der Waals surface area (Å²) in [6, 6.07) is 10.7. The summed E-state index contributed by atoms with van der Waals surface area (Å²) in [5.41, 5.74) is 1.32. The van der Waals surface area contributed by atoms with Crippen molar-refractivity contribution in [2.45, 2.75) is 13.1 Å². The van der Waals surface area contributed by atoms with Crippen LogP contribution < -0.4 is 41.7 Å². The third-order valence-corrected chi connectivity index (χ3v) is 7.80. The monoisotopic (exact) mass is 639 g/mol. The number of halogens is 1. The Kier molecular flexibility index (Phi) is 10.1. The molecule has 0 fully saturated rings. The van der Waals surface area contributed by atoms with Gasteiger partial charge in [0.25, 0.3) is 10.9 Å². The van der Waals surface area contributed by atoms with Crippen LogP contribution in [0.4, 0.5) is 34.6 Å². The number of nitrogens with zero attached hydrogens (tertiary/aromatic N) is 4. The number of aromatic nitrogens is 3. The Morgan fingerprint density at radius 1 is 1.00 bits per heavy atom. The van der Waals surface area contributed by atoms with Gasteiger partial charge in [-0.05, 0) is 29.8 Å². The summed E-state index contributed by atoms with van der Waals surface area (Å²) in [4.78, 5) is 48.1. The van der Waals surface area contributed by atoms with Crippen LogP contribution in [0.2, 0.25) is 5.02 Å². The Hall–Kier alpha value is -5.02. The Morgan fingerprint density at radius 2 is 1.70 bits per heavy atom. The van der Waals surface area contributed by atoms with Crippen LogP contribution in [0.1, 0.15) is 11.1 Å². The first-order valence-electron chi connectivity index (χ1n) is 13.2. The minimum absolute atomic E-state index is 0.188. The Labute approximate surface area is 258 Å². The molecule has 2 heterocycles. The molecule has 0 bridgehead atoms. The number of rotatable bonds is 15. The van der Waals surface area contributed by atoms with E-state index in [9.17, 15) is 22.8 Å². The largest absolute Gasteiger partial charge is 0.378 e. The van der Waals surface area contributed by atoms with Crippen LogP contribution in [0, 0.1) is 0 Å². The fraction of sp³-hybridized carbons (Fsp3) is 0.214. The molecule has 0 saturated heterocycles. The van der Waals surface area contributed by atoms with E-state index in [1.54, 1.807) is 24.3 Å². The average molecular weight is 640 g/mol. The standard InChI is InChI=1S/C28H30ClN9O5S/c1-4-21(39)30-12-13-31-22-23(25(41)24(22)40)33-14-17-7-9-19(10-8-17)36-28-35-16-20(29)26(37-28)34-15-18-6-5-11-32-27(18)38(2)44(3,42)43/h4-11,16,31,33H,1,12-15H2,2-3H3,(H,30,39)(H2,34,35,36,37). The van der Waals surface area contributed by atoms with Gasteiger partial charge in [-0.15, -0.1) is 0 Å². The van der Waals surface area contributed by atoms with Crippen LogP contribution in [0.5, 0.6) is 0 Å². The van der Waals surface area contributed by atoms with E-state index in [-0.39, 0.29) is 53.7 Å². The molecule has 4 aromatic rings. The number of benzene rings is 1. The fourth-order valence-electron chi connectivity index (χ4n) is 3.94. The third kappa shape index (κ3) is 7.87. The van der Waals surface area contributed by atoms with Gasteiger partial charge in [0.2, 0.25) is 21.9 Å². The van der Waals surface area contributed by atoms with Gasteiger partial charge in [0, 0.05) is 50.7 Å². The lowest BCUT2D eigenvalue weighted by molar-refractivity contribution is -0.116. The highest BCUT2D eigenvalue weighted by molar-refractivity contribution is 7.92. The number of pyridine rings is 1. The van der Waals surface area contributed by atoms with Crippen LogP contribution in [0.3, 0.4) is 0 Å². The second-order valence-corrected chi connectivity index (χ2v) is 11.9. The highest BCUT2D eigenvalue weighted by Gasteiger charge is 2.20. The summed E-state index contributed by atoms with van der Waals surface area (Å²) < 4.78 is 25.1. The molecule has 16 heteroatoms. The fourth-order valence-corrected chi connectivity index (χ4v) is 4.58. The first kappa shape index (κ1) is 31.9. The summed E-state index contributed by atoms with van der Waals surface area (Å²) >= 11 is 6.30. The lowest BCUT2D eigenvalue weighted by atomic mass is 10.1. The molecule has 1 amide bonds. The summed E-state index contributed by atoms with van der Waals surface area (Å²) in [6.45, 7) is 4.40. The minimum atomic E-state index is -3.51. The molecule has 0 aliphatic carbocycles. The van der Waals surface area contributed by atoms with Crippen LogP contribution in [0.15, 0.2) is 71.0 Å². The zero-order chi connectivity index (χ0) is 31.9. The summed E-state index contributed by atoms with van der Waals surface area (Å²) in [7, 11) is -2.08. The molecule has 0 atom stereocenters. The lowest BCUT2D eigenvalue weighted by Crippen LogP contribution is -2.38. The SMILES string of the molecule is C=CC(=O)NCCNc1c(NCc2ccc(Nc3ncc(Cl)c(NCc4cccnc4N(C)S(C)(=O)=O)n3)cc2)c(=O)c1=O. The van der Waals surface area contributed by atoms with Crippen LogP contribution >= 0.6 is 11.6 Å². The maximum atomic E-state index is 12.0. The van der Waals surface area contributed by atoms with Gasteiger partial charge in [-0.2, -0.15) is 4.98 Å². The van der Waals surface area contributed by atoms with E-state index < -0.39 is 20.9 Å². The Morgan fingerprint density at radius 3 is 2.39 bits per heavy atom. The quantitative estimate of drug-likeness (QED) is 0.0726. The van der Waals surface area contributed by atoms with Gasteiger partial charge in [-0.25, -0.2) is 18.4 Å². The molecule has 0 saturated carbocycles. The molecule has 230 valence electrons. The van der Waals surface area contributed by atoms with Crippen molar-refractivity contribution in [2.24, 2.45) is 0 Å². The van der Waals surface area contributed by atoms with Crippen molar-refractivity contribution in [3.05, 3.63) is 98.0 Å². The average Bonchev–Trinajstić information content (AvgIpc) is 3.01. The van der Waals surface area contributed by atoms with Gasteiger partial charge >= 0.3 is 0 Å². The van der Waals surface area contributed by atoms with Crippen LogP contribution in [-0.4, -0.2) is 55.7 Å². The van der Waals surface area contributed by atoms with Gasteiger partial charge in [0.05, 0.1) is 12.5 Å². The molecule has 14 nitrogen and oxygen atoms in total. The molecule has 2 aromatic carbocycles. The van der Waals surface area contributed by atoms with Crippen molar-refractivity contribution >= 4 is 62.2 Å². The Bertz CT molecular complexity index is 1840. The maximum Gasteiger partial charge on any atom is 0.253 e. The number of carbonyl (C=O) groups is 1. The van der Waals surface area contributed by atoms with E-state index in [0.29, 0.717) is 23.6 Å². The second kappa shape index (κ2) is 14.0. The van der Waals surface area contributed by atoms with Gasteiger partial charge in [0.15, 0.2) is 5.82 Å². The zero-order valence-corrected chi connectivity index (χ0v) is 25.4. The highest BCUT2D eigenvalue weighted by atomic mass is 35.5. The maximum absolute atomic E-state index is 12.0. The molecule has 0 aliphatic rings. The predicted octanol–water partition coefficient (Wildman–Crippen LogP) is 2.20. The molecule has 0 spiro atoms. The molecular formula is C28H30ClN9O5S. The first-order valence-corrected chi connectivity index (χ1v) is 15.4. The number of hydrogen-bond acceptors (Lipinski definition) is 12. The zero-order valence-electron chi connectivity index (χ0n) is 23.8. The van der Waals surface area contributed by atoms with Crippen LogP contribution in [0.25, 0.3) is 0 Å². The molecular weight excluding hydrogens is 610 g/mol. The molecule has 0 unspecified atom stereocenters. The molecule has 4 rings (SSSR count). The van der Waals surface area contributed by atoms with Gasteiger partial charge in [0.1, 0.15) is 22.2 Å². The van der Waals surface area contributed by atoms with E-state index >= 15 is 0 Å². The van der Waals surface area contributed by atoms with E-state index in [4.69, 9.17) is 11.6 Å². The molecule has 0 radical (unpaired) electrons. The van der Waals surface area contributed by atoms with Crippen molar-refractivity contribution in [2.75, 3.05) is 52.0 Å². The number of sulfonamides is 1. The summed E-state index contributed by atoms with van der Waals surface area (Å²) in [5.74, 6) is 0.560. The predicted molar refractivity (Wildman–Crippen MR) is 172 cm³/mol. The van der Waals surface area contributed by atoms with Crippen molar-refractivity contribution in [1.29, 1.82) is 0 Å². The summed E-state index contributed by atoms with van der Waals surface area (Å²) in [6.07, 6.45) is 5.20. The van der Waals surface area contributed by atoms with Crippen molar-refractivity contribution in [1.82, 2.24) is 20.3 Å². The minimum Gasteiger partial charge on any atom is -0.378 e. The van der Waals surface area contributed by atoms with E-state index in [2.05, 4.69) is 48.1 Å². The van der Waals surface area contributed by atoms with Gasteiger partial charge < -0.3 is 26.6 Å². The number of anilines is 6. The highest BCUT2D eigenvalue weighted by Crippen LogP contribution is 2.25. The number of nitrogens with one attached hydrogen (secondary N) is 5. The normalized spacial score (nSPS) is 11.1. The van der Waals surface area contributed by atoms with Crippen LogP contribution in [-0.2, 0) is 27.9 Å². The van der Waals surface area contributed by atoms with E-state index in [1.165, 1.54) is 19.4 Å². The summed E-state index contributed by atoms with van der Waals surface area (Å²) in [5, 5.41) is 14.9. The Balaban J connectivity index is 1.34. The van der Waals surface area contributed by atoms with Gasteiger partial charge in [-0.3, -0.25) is 18.7 Å². The smallest absolute Gasteiger partial charge is 0.253 e. The molecule has 5 N–H and O–H groups in total. The topological polar surface area (TPSA) is 187 Å². The van der Waals surface area contributed by atoms with Gasteiger partial charge in [-0.1, -0.05) is 36.4 Å². The van der Waals surface area contributed by atoms with Crippen molar-refractivity contribution in [3.63, 3.8) is 0 Å². The van der Waals surface area contributed by atoms with Crippen molar-refractivity contribution < 1.29 is 13.2 Å².